The number of carbonyl (C=O) groups excluding carboxylic acids is 1. The Balaban J connectivity index is 2.31. The highest BCUT2D eigenvalue weighted by Crippen LogP contribution is 2.32. The Bertz CT molecular complexity index is 835. The van der Waals surface area contributed by atoms with Crippen molar-refractivity contribution in [2.75, 3.05) is 5.32 Å². The Labute approximate surface area is 143 Å². The predicted molar refractivity (Wildman–Crippen MR) is 91.5 cm³/mol. The fourth-order valence-corrected chi connectivity index (χ4v) is 2.43. The van der Waals surface area contributed by atoms with Crippen LogP contribution in [0.15, 0.2) is 53.8 Å². The molecule has 23 heavy (non-hydrogen) atoms. The second kappa shape index (κ2) is 7.19. The zero-order chi connectivity index (χ0) is 17.0. The van der Waals surface area contributed by atoms with E-state index < -0.39 is 5.91 Å². The van der Waals surface area contributed by atoms with Gasteiger partial charge in [-0.1, -0.05) is 47.5 Å². The smallest absolute Gasteiger partial charge is 0.269 e. The zero-order valence-electron chi connectivity index (χ0n) is 12.1. The number of rotatable bonds is 3. The third-order valence-electron chi connectivity index (χ3n) is 3.10. The van der Waals surface area contributed by atoms with E-state index in [0.717, 1.165) is 11.1 Å². The summed E-state index contributed by atoms with van der Waals surface area (Å²) < 4.78 is 0. The molecule has 116 valence electrons. The molecule has 2 N–H and O–H groups in total. The van der Waals surface area contributed by atoms with Crippen molar-refractivity contribution in [1.82, 2.24) is 0 Å². The normalized spacial score (nSPS) is 11.4. The fraction of sp³-hybridized carbons (Fsp3) is 0.0588. The molecule has 0 aliphatic carbocycles. The van der Waals surface area contributed by atoms with Crippen LogP contribution >= 0.6 is 23.2 Å². The van der Waals surface area contributed by atoms with Gasteiger partial charge in [0.2, 0.25) is 0 Å². The Morgan fingerprint density at radius 2 is 1.87 bits per heavy atom. The summed E-state index contributed by atoms with van der Waals surface area (Å²) in [6, 6.07) is 14.0. The summed E-state index contributed by atoms with van der Waals surface area (Å²) in [5.74, 6) is -1.08. The Hall–Kier alpha value is -2.48. The average molecular weight is 347 g/mol. The number of anilines is 1. The van der Waals surface area contributed by atoms with E-state index in [1.807, 2.05) is 18.2 Å². The number of nitriles is 1. The van der Waals surface area contributed by atoms with Crippen LogP contribution in [0.3, 0.4) is 0 Å². The molecule has 0 heterocycles. The Morgan fingerprint density at radius 1 is 1.17 bits per heavy atom. The first-order chi connectivity index (χ1) is 10.9. The van der Waals surface area contributed by atoms with Crippen molar-refractivity contribution in [3.05, 3.63) is 63.8 Å². The van der Waals surface area contributed by atoms with E-state index in [-0.39, 0.29) is 11.3 Å². The van der Waals surface area contributed by atoms with Crippen molar-refractivity contribution < 1.29 is 9.90 Å². The average Bonchev–Trinajstić information content (AvgIpc) is 2.50. The van der Waals surface area contributed by atoms with Gasteiger partial charge in [-0.15, -0.1) is 0 Å². The van der Waals surface area contributed by atoms with Crippen molar-refractivity contribution >= 4 is 34.8 Å². The molecule has 0 aliphatic heterocycles. The Morgan fingerprint density at radius 3 is 2.43 bits per heavy atom. The van der Waals surface area contributed by atoms with Crippen LogP contribution in [-0.4, -0.2) is 11.0 Å². The van der Waals surface area contributed by atoms with Gasteiger partial charge in [0.1, 0.15) is 11.8 Å². The number of amides is 1. The van der Waals surface area contributed by atoms with Gasteiger partial charge in [-0.25, -0.2) is 0 Å². The van der Waals surface area contributed by atoms with Gasteiger partial charge in [-0.05, 0) is 30.7 Å². The third kappa shape index (κ3) is 3.84. The molecule has 1 amide bonds. The molecule has 6 heteroatoms. The highest BCUT2D eigenvalue weighted by molar-refractivity contribution is 6.35. The quantitative estimate of drug-likeness (QED) is 0.468. The molecule has 0 aromatic heterocycles. The van der Waals surface area contributed by atoms with E-state index in [0.29, 0.717) is 15.7 Å². The fourth-order valence-electron chi connectivity index (χ4n) is 1.96. The van der Waals surface area contributed by atoms with Crippen molar-refractivity contribution in [2.24, 2.45) is 0 Å². The first-order valence-corrected chi connectivity index (χ1v) is 7.35. The highest BCUT2D eigenvalue weighted by atomic mass is 35.5. The number of benzene rings is 2. The Kier molecular flexibility index (Phi) is 5.28. The maximum absolute atomic E-state index is 11.9. The molecule has 0 bridgehead atoms. The lowest BCUT2D eigenvalue weighted by Crippen LogP contribution is -2.15. The molecule has 2 rings (SSSR count). The number of nitrogens with zero attached hydrogens (tertiary/aromatic N) is 1. The number of allylic oxidation sites excluding steroid dienone is 1. The SMILES string of the molecule is C/C(O)=C(\C#N)C(=O)Nc1ccc(-c2ccccc2Cl)cc1Cl. The number of aliphatic hydroxyl groups excluding tert-OH is 1. The molecule has 2 aromatic carbocycles. The minimum atomic E-state index is -0.722. The number of hydrogen-bond donors (Lipinski definition) is 2. The topological polar surface area (TPSA) is 73.1 Å². The molecule has 0 atom stereocenters. The van der Waals surface area contributed by atoms with Crippen LogP contribution in [0.1, 0.15) is 6.92 Å². The van der Waals surface area contributed by atoms with E-state index in [2.05, 4.69) is 5.32 Å². The monoisotopic (exact) mass is 346 g/mol. The number of hydrogen-bond acceptors (Lipinski definition) is 3. The minimum Gasteiger partial charge on any atom is -0.511 e. The second-order valence-electron chi connectivity index (χ2n) is 4.70. The summed E-state index contributed by atoms with van der Waals surface area (Å²) in [7, 11) is 0. The second-order valence-corrected chi connectivity index (χ2v) is 5.52. The molecule has 2 aromatic rings. The van der Waals surface area contributed by atoms with E-state index in [1.165, 1.54) is 6.92 Å². The minimum absolute atomic E-state index is 0.295. The molecule has 0 aliphatic rings. The van der Waals surface area contributed by atoms with Crippen LogP contribution in [0.2, 0.25) is 10.0 Å². The largest absolute Gasteiger partial charge is 0.511 e. The first-order valence-electron chi connectivity index (χ1n) is 6.59. The van der Waals surface area contributed by atoms with E-state index in [4.69, 9.17) is 28.5 Å². The summed E-state index contributed by atoms with van der Waals surface area (Å²) in [5, 5.41) is 21.5. The van der Waals surface area contributed by atoms with Crippen LogP contribution in [-0.2, 0) is 4.79 Å². The summed E-state index contributed by atoms with van der Waals surface area (Å²) in [4.78, 5) is 11.9. The van der Waals surface area contributed by atoms with Crippen LogP contribution in [0, 0.1) is 11.3 Å². The molecule has 0 saturated carbocycles. The molecule has 0 spiro atoms. The summed E-state index contributed by atoms with van der Waals surface area (Å²) >= 11 is 12.3. The van der Waals surface area contributed by atoms with E-state index in [9.17, 15) is 9.90 Å². The zero-order valence-corrected chi connectivity index (χ0v) is 13.6. The maximum atomic E-state index is 11.9. The van der Waals surface area contributed by atoms with Gasteiger partial charge >= 0.3 is 0 Å². The summed E-state index contributed by atoms with van der Waals surface area (Å²) in [5.41, 5.74) is 1.59. The number of halogens is 2. The van der Waals surface area contributed by atoms with Gasteiger partial charge in [-0.3, -0.25) is 4.79 Å². The lowest BCUT2D eigenvalue weighted by atomic mass is 10.1. The van der Waals surface area contributed by atoms with Gasteiger partial charge in [0.25, 0.3) is 5.91 Å². The summed E-state index contributed by atoms with van der Waals surface area (Å²) in [6.07, 6.45) is 0. The molecular weight excluding hydrogens is 335 g/mol. The van der Waals surface area contributed by atoms with Gasteiger partial charge in [0, 0.05) is 10.6 Å². The van der Waals surface area contributed by atoms with Crippen molar-refractivity contribution in [2.45, 2.75) is 6.92 Å². The molecule has 0 saturated heterocycles. The number of aliphatic hydroxyl groups is 1. The van der Waals surface area contributed by atoms with Gasteiger partial charge in [0.05, 0.1) is 10.7 Å². The summed E-state index contributed by atoms with van der Waals surface area (Å²) in [6.45, 7) is 1.26. The van der Waals surface area contributed by atoms with Crippen molar-refractivity contribution in [1.29, 1.82) is 5.26 Å². The van der Waals surface area contributed by atoms with Gasteiger partial charge < -0.3 is 10.4 Å². The molecule has 0 radical (unpaired) electrons. The van der Waals surface area contributed by atoms with Crippen LogP contribution in [0.25, 0.3) is 11.1 Å². The standard InChI is InChI=1S/C17H12Cl2N2O2/c1-10(22)13(9-20)17(23)21-16-7-6-11(8-15(16)19)12-4-2-3-5-14(12)18/h2-8,22H,1H3,(H,21,23)/b13-10-. The number of nitrogens with one attached hydrogen (secondary N) is 1. The molecule has 4 nitrogen and oxygen atoms in total. The third-order valence-corrected chi connectivity index (χ3v) is 3.75. The van der Waals surface area contributed by atoms with Crippen LogP contribution in [0.4, 0.5) is 5.69 Å². The first kappa shape index (κ1) is 16.9. The maximum Gasteiger partial charge on any atom is 0.269 e. The highest BCUT2D eigenvalue weighted by Gasteiger charge is 2.15. The number of carbonyl (C=O) groups is 1. The van der Waals surface area contributed by atoms with E-state index in [1.54, 1.807) is 30.3 Å². The lowest BCUT2D eigenvalue weighted by molar-refractivity contribution is -0.112. The molecular formula is C17H12Cl2N2O2. The molecule has 0 unspecified atom stereocenters. The van der Waals surface area contributed by atoms with Crippen LogP contribution in [0.5, 0.6) is 0 Å². The van der Waals surface area contributed by atoms with Gasteiger partial charge in [-0.2, -0.15) is 5.26 Å². The van der Waals surface area contributed by atoms with Crippen LogP contribution < -0.4 is 5.32 Å². The van der Waals surface area contributed by atoms with Crippen molar-refractivity contribution in [3.8, 4) is 17.2 Å². The van der Waals surface area contributed by atoms with Gasteiger partial charge in [0.15, 0.2) is 5.57 Å². The predicted octanol–water partition coefficient (Wildman–Crippen LogP) is 4.95. The lowest BCUT2D eigenvalue weighted by Gasteiger charge is -2.10. The molecule has 0 fully saturated rings. The van der Waals surface area contributed by atoms with E-state index >= 15 is 0 Å². The van der Waals surface area contributed by atoms with Crippen molar-refractivity contribution in [3.63, 3.8) is 0 Å².